The molecule has 0 aliphatic rings. The molecule has 0 aliphatic carbocycles. The van der Waals surface area contributed by atoms with E-state index in [-0.39, 0.29) is 5.91 Å². The van der Waals surface area contributed by atoms with Crippen molar-refractivity contribution in [2.45, 2.75) is 0 Å². The molecule has 0 spiro atoms. The summed E-state index contributed by atoms with van der Waals surface area (Å²) in [6.07, 6.45) is 4.14. The molecule has 15 heavy (non-hydrogen) atoms. The summed E-state index contributed by atoms with van der Waals surface area (Å²) in [6.45, 7) is 0. The second-order valence-corrected chi connectivity index (χ2v) is 4.03. The van der Waals surface area contributed by atoms with Crippen molar-refractivity contribution in [1.29, 1.82) is 0 Å². The van der Waals surface area contributed by atoms with E-state index in [1.54, 1.807) is 18.8 Å². The molecule has 0 aliphatic heterocycles. The van der Waals surface area contributed by atoms with E-state index < -0.39 is 0 Å². The van der Waals surface area contributed by atoms with Crippen molar-refractivity contribution in [2.75, 3.05) is 18.6 Å². The molecule has 1 aromatic carbocycles. The van der Waals surface area contributed by atoms with Crippen molar-refractivity contribution in [3.05, 3.63) is 42.0 Å². The van der Waals surface area contributed by atoms with Crippen LogP contribution in [0.15, 0.2) is 36.4 Å². The van der Waals surface area contributed by atoms with Gasteiger partial charge in [0.05, 0.1) is 5.75 Å². The lowest BCUT2D eigenvalue weighted by molar-refractivity contribution is -0.118. The van der Waals surface area contributed by atoms with Crippen LogP contribution in [-0.2, 0) is 4.79 Å². The van der Waals surface area contributed by atoms with Crippen molar-refractivity contribution in [2.24, 2.45) is 0 Å². The number of amides is 1. The Bertz CT molecular complexity index is 322. The molecule has 1 aromatic rings. The highest BCUT2D eigenvalue weighted by atomic mass is 32.2. The number of benzene rings is 1. The first-order chi connectivity index (χ1) is 7.33. The maximum absolute atomic E-state index is 10.9. The highest BCUT2D eigenvalue weighted by Gasteiger charge is 1.94. The van der Waals surface area contributed by atoms with Gasteiger partial charge in [0.25, 0.3) is 0 Å². The van der Waals surface area contributed by atoms with E-state index in [0.29, 0.717) is 5.75 Å². The van der Waals surface area contributed by atoms with Gasteiger partial charge in [0.2, 0.25) is 5.91 Å². The molecule has 1 N–H and O–H groups in total. The van der Waals surface area contributed by atoms with Gasteiger partial charge in [-0.3, -0.25) is 4.79 Å². The number of carbonyl (C=O) groups excluding carboxylic acids is 1. The Morgan fingerprint density at radius 2 is 2.13 bits per heavy atom. The highest BCUT2D eigenvalue weighted by molar-refractivity contribution is 8.00. The Morgan fingerprint density at radius 1 is 1.40 bits per heavy atom. The van der Waals surface area contributed by atoms with Gasteiger partial charge in [0.15, 0.2) is 0 Å². The molecule has 0 aromatic heterocycles. The molecule has 0 unspecified atom stereocenters. The summed E-state index contributed by atoms with van der Waals surface area (Å²) in [5.74, 6) is 1.46. The lowest BCUT2D eigenvalue weighted by Gasteiger charge is -1.96. The van der Waals surface area contributed by atoms with E-state index in [1.165, 1.54) is 5.56 Å². The molecule has 0 bridgehead atoms. The van der Waals surface area contributed by atoms with Crippen LogP contribution in [0.2, 0.25) is 0 Å². The molecule has 80 valence electrons. The summed E-state index contributed by atoms with van der Waals surface area (Å²) in [5, 5.41) is 2.59. The molecule has 1 amide bonds. The Balaban J connectivity index is 2.20. The SMILES string of the molecule is CNC(=O)CSC/C=C/c1ccccc1. The number of rotatable bonds is 5. The van der Waals surface area contributed by atoms with Gasteiger partial charge in [0, 0.05) is 12.8 Å². The molecular weight excluding hydrogens is 206 g/mol. The van der Waals surface area contributed by atoms with E-state index in [0.717, 1.165) is 5.75 Å². The highest BCUT2D eigenvalue weighted by Crippen LogP contribution is 2.04. The molecule has 0 radical (unpaired) electrons. The summed E-state index contributed by atoms with van der Waals surface area (Å²) < 4.78 is 0. The second kappa shape index (κ2) is 7.12. The van der Waals surface area contributed by atoms with Gasteiger partial charge in [-0.05, 0) is 5.56 Å². The van der Waals surface area contributed by atoms with E-state index in [2.05, 4.69) is 29.6 Å². The number of thioether (sulfide) groups is 1. The zero-order chi connectivity index (χ0) is 10.9. The lowest BCUT2D eigenvalue weighted by Crippen LogP contribution is -2.19. The summed E-state index contributed by atoms with van der Waals surface area (Å²) in [4.78, 5) is 10.9. The van der Waals surface area contributed by atoms with Crippen LogP contribution in [0.25, 0.3) is 6.08 Å². The van der Waals surface area contributed by atoms with Crippen LogP contribution < -0.4 is 5.32 Å². The predicted octanol–water partition coefficient (Wildman–Crippen LogP) is 2.18. The zero-order valence-corrected chi connectivity index (χ0v) is 9.59. The van der Waals surface area contributed by atoms with Crippen molar-refractivity contribution in [3.8, 4) is 0 Å². The summed E-state index contributed by atoms with van der Waals surface area (Å²) in [6, 6.07) is 10.1. The molecule has 3 heteroatoms. The third kappa shape index (κ3) is 5.27. The van der Waals surface area contributed by atoms with Crippen LogP contribution in [0.5, 0.6) is 0 Å². The first kappa shape index (κ1) is 11.9. The third-order valence-electron chi connectivity index (χ3n) is 1.84. The summed E-state index contributed by atoms with van der Waals surface area (Å²) >= 11 is 1.61. The molecule has 0 saturated carbocycles. The van der Waals surface area contributed by atoms with Gasteiger partial charge < -0.3 is 5.32 Å². The molecule has 0 fully saturated rings. The van der Waals surface area contributed by atoms with Gasteiger partial charge in [-0.15, -0.1) is 11.8 Å². The van der Waals surface area contributed by atoms with Gasteiger partial charge in [0.1, 0.15) is 0 Å². The smallest absolute Gasteiger partial charge is 0.229 e. The van der Waals surface area contributed by atoms with E-state index in [1.807, 2.05) is 18.2 Å². The van der Waals surface area contributed by atoms with Gasteiger partial charge >= 0.3 is 0 Å². The fraction of sp³-hybridized carbons (Fsp3) is 0.250. The average molecular weight is 221 g/mol. The molecule has 0 heterocycles. The van der Waals surface area contributed by atoms with Crippen LogP contribution in [0.4, 0.5) is 0 Å². The average Bonchev–Trinajstić information content (AvgIpc) is 2.29. The summed E-state index contributed by atoms with van der Waals surface area (Å²) in [7, 11) is 1.66. The third-order valence-corrected chi connectivity index (χ3v) is 2.73. The maximum atomic E-state index is 10.9. The normalized spacial score (nSPS) is 10.5. The van der Waals surface area contributed by atoms with Crippen LogP contribution >= 0.6 is 11.8 Å². The Hall–Kier alpha value is -1.22. The Morgan fingerprint density at radius 3 is 2.80 bits per heavy atom. The molecule has 1 rings (SSSR count). The Labute approximate surface area is 94.8 Å². The molecule has 0 atom stereocenters. The number of hydrogen-bond donors (Lipinski definition) is 1. The summed E-state index contributed by atoms with van der Waals surface area (Å²) in [5.41, 5.74) is 1.19. The van der Waals surface area contributed by atoms with Gasteiger partial charge in [-0.1, -0.05) is 42.5 Å². The fourth-order valence-electron chi connectivity index (χ4n) is 1.04. The first-order valence-corrected chi connectivity index (χ1v) is 5.98. The number of carbonyl (C=O) groups is 1. The topological polar surface area (TPSA) is 29.1 Å². The van der Waals surface area contributed by atoms with Crippen molar-refractivity contribution in [1.82, 2.24) is 5.32 Å². The zero-order valence-electron chi connectivity index (χ0n) is 8.77. The minimum atomic E-state index is 0.0770. The lowest BCUT2D eigenvalue weighted by atomic mass is 10.2. The van der Waals surface area contributed by atoms with E-state index in [9.17, 15) is 4.79 Å². The quantitative estimate of drug-likeness (QED) is 0.772. The maximum Gasteiger partial charge on any atom is 0.229 e. The molecule has 0 saturated heterocycles. The second-order valence-electron chi connectivity index (χ2n) is 3.00. The minimum absolute atomic E-state index is 0.0770. The monoisotopic (exact) mass is 221 g/mol. The standard InChI is InChI=1S/C12H15NOS/c1-13-12(14)10-15-9-5-8-11-6-3-2-4-7-11/h2-8H,9-10H2,1H3,(H,13,14)/b8-5+. The number of hydrogen-bond acceptors (Lipinski definition) is 2. The number of nitrogens with one attached hydrogen (secondary N) is 1. The predicted molar refractivity (Wildman–Crippen MR) is 66.9 cm³/mol. The molecule has 2 nitrogen and oxygen atoms in total. The van der Waals surface area contributed by atoms with Gasteiger partial charge in [-0.25, -0.2) is 0 Å². The van der Waals surface area contributed by atoms with E-state index >= 15 is 0 Å². The van der Waals surface area contributed by atoms with Crippen molar-refractivity contribution >= 4 is 23.7 Å². The minimum Gasteiger partial charge on any atom is -0.358 e. The molecular formula is C12H15NOS. The van der Waals surface area contributed by atoms with Crippen LogP contribution in [0.3, 0.4) is 0 Å². The first-order valence-electron chi connectivity index (χ1n) is 4.83. The van der Waals surface area contributed by atoms with Crippen LogP contribution in [0, 0.1) is 0 Å². The van der Waals surface area contributed by atoms with Crippen LogP contribution in [-0.4, -0.2) is 24.5 Å². The van der Waals surface area contributed by atoms with Crippen LogP contribution in [0.1, 0.15) is 5.56 Å². The van der Waals surface area contributed by atoms with Gasteiger partial charge in [-0.2, -0.15) is 0 Å². The fourth-order valence-corrected chi connectivity index (χ4v) is 1.72. The largest absolute Gasteiger partial charge is 0.358 e. The van der Waals surface area contributed by atoms with Crippen molar-refractivity contribution < 1.29 is 4.79 Å². The van der Waals surface area contributed by atoms with E-state index in [4.69, 9.17) is 0 Å². The van der Waals surface area contributed by atoms with Crippen molar-refractivity contribution in [3.63, 3.8) is 0 Å². The Kier molecular flexibility index (Phi) is 5.63.